The minimum absolute atomic E-state index is 0.273. The van der Waals surface area contributed by atoms with Crippen LogP contribution in [-0.4, -0.2) is 13.0 Å². The zero-order valence-corrected chi connectivity index (χ0v) is 15.7. The van der Waals surface area contributed by atoms with Crippen LogP contribution in [0.4, 0.5) is 11.4 Å². The van der Waals surface area contributed by atoms with Gasteiger partial charge in [-0.05, 0) is 62.2 Å². The van der Waals surface area contributed by atoms with E-state index in [2.05, 4.69) is 53.1 Å². The number of nitrogens with one attached hydrogen (secondary N) is 1. The van der Waals surface area contributed by atoms with Crippen molar-refractivity contribution in [2.24, 2.45) is 0 Å². The van der Waals surface area contributed by atoms with Crippen molar-refractivity contribution in [1.29, 1.82) is 0 Å². The van der Waals surface area contributed by atoms with Gasteiger partial charge in [0, 0.05) is 19.1 Å². The Hall–Kier alpha value is -1.05. The Kier molecular flexibility index (Phi) is 5.29. The lowest BCUT2D eigenvalue weighted by Crippen LogP contribution is -2.14. The maximum Gasteiger partial charge on any atom is 0.259 e. The molecule has 110 valence electrons. The maximum atomic E-state index is 12.4. The number of carbonyl (C=O) groups is 1. The van der Waals surface area contributed by atoms with E-state index in [9.17, 15) is 4.79 Å². The molecule has 0 aliphatic rings. The Morgan fingerprint density at radius 3 is 2.33 bits per heavy atom. The largest absolute Gasteiger partial charge is 0.496 e. The highest BCUT2D eigenvalue weighted by molar-refractivity contribution is 9.11. The molecule has 21 heavy (non-hydrogen) atoms. The number of carbonyl (C=O) groups excluding carboxylic acids is 1. The Bertz CT molecular complexity index is 682. The summed E-state index contributed by atoms with van der Waals surface area (Å²) in [6.45, 7) is 0. The Morgan fingerprint density at radius 2 is 1.76 bits per heavy atom. The van der Waals surface area contributed by atoms with Crippen molar-refractivity contribution in [2.75, 3.05) is 18.2 Å². The van der Waals surface area contributed by atoms with Crippen molar-refractivity contribution in [3.8, 4) is 5.75 Å². The van der Waals surface area contributed by atoms with Crippen LogP contribution in [0.15, 0.2) is 43.7 Å². The van der Waals surface area contributed by atoms with E-state index in [1.54, 1.807) is 30.3 Å². The predicted octanol–water partition coefficient (Wildman–Crippen LogP) is 4.82. The van der Waals surface area contributed by atoms with E-state index in [1.807, 2.05) is 0 Å². The lowest BCUT2D eigenvalue weighted by atomic mass is 10.2. The van der Waals surface area contributed by atoms with Gasteiger partial charge in [-0.3, -0.25) is 4.79 Å². The molecule has 0 spiro atoms. The third kappa shape index (κ3) is 3.78. The van der Waals surface area contributed by atoms with E-state index in [0.717, 1.165) is 4.47 Å². The Morgan fingerprint density at radius 1 is 1.14 bits per heavy atom. The van der Waals surface area contributed by atoms with E-state index in [1.165, 1.54) is 7.11 Å². The number of halogens is 3. The van der Waals surface area contributed by atoms with Crippen LogP contribution in [0.25, 0.3) is 0 Å². The fourth-order valence-electron chi connectivity index (χ4n) is 1.75. The van der Waals surface area contributed by atoms with E-state index in [0.29, 0.717) is 31.6 Å². The SMILES string of the molecule is COc1cc(Br)ccc1C(=O)Nc1c(Br)cc(N)cc1Br. The second kappa shape index (κ2) is 6.81. The standard InChI is InChI=1S/C14H11Br3N2O2/c1-21-12-4-7(15)2-3-9(12)14(20)19-13-10(16)5-8(18)6-11(13)17/h2-6H,18H2,1H3,(H,19,20). The molecule has 1 amide bonds. The molecule has 0 saturated heterocycles. The number of rotatable bonds is 3. The number of amides is 1. The van der Waals surface area contributed by atoms with Crippen molar-refractivity contribution in [3.05, 3.63) is 49.3 Å². The second-order valence-electron chi connectivity index (χ2n) is 4.16. The molecule has 0 saturated carbocycles. The molecule has 0 fully saturated rings. The molecule has 0 aliphatic heterocycles. The van der Waals surface area contributed by atoms with Crippen LogP contribution in [-0.2, 0) is 0 Å². The van der Waals surface area contributed by atoms with Crippen molar-refractivity contribution in [1.82, 2.24) is 0 Å². The second-order valence-corrected chi connectivity index (χ2v) is 6.78. The first-order valence-electron chi connectivity index (χ1n) is 5.81. The highest BCUT2D eigenvalue weighted by atomic mass is 79.9. The third-order valence-electron chi connectivity index (χ3n) is 2.71. The van der Waals surface area contributed by atoms with Crippen LogP contribution >= 0.6 is 47.8 Å². The van der Waals surface area contributed by atoms with E-state index < -0.39 is 0 Å². The highest BCUT2D eigenvalue weighted by Gasteiger charge is 2.16. The summed E-state index contributed by atoms with van der Waals surface area (Å²) in [5, 5.41) is 2.83. The Labute approximate surface area is 147 Å². The molecular formula is C14H11Br3N2O2. The molecule has 3 N–H and O–H groups in total. The fourth-order valence-corrected chi connectivity index (χ4v) is 3.51. The van der Waals surface area contributed by atoms with Crippen LogP contribution in [0.2, 0.25) is 0 Å². The normalized spacial score (nSPS) is 10.3. The molecule has 7 heteroatoms. The monoisotopic (exact) mass is 476 g/mol. The van der Waals surface area contributed by atoms with Gasteiger partial charge in [-0.25, -0.2) is 0 Å². The summed E-state index contributed by atoms with van der Waals surface area (Å²) in [6, 6.07) is 8.65. The van der Waals surface area contributed by atoms with E-state index in [-0.39, 0.29) is 5.91 Å². The molecule has 0 unspecified atom stereocenters. The molecule has 2 aromatic carbocycles. The molecule has 2 aromatic rings. The van der Waals surface area contributed by atoms with Gasteiger partial charge in [-0.2, -0.15) is 0 Å². The Balaban J connectivity index is 2.35. The smallest absolute Gasteiger partial charge is 0.259 e. The first kappa shape index (κ1) is 16.3. The van der Waals surface area contributed by atoms with E-state index in [4.69, 9.17) is 10.5 Å². The summed E-state index contributed by atoms with van der Waals surface area (Å²) in [7, 11) is 1.52. The van der Waals surface area contributed by atoms with Crippen LogP contribution in [0.3, 0.4) is 0 Å². The van der Waals surface area contributed by atoms with Crippen LogP contribution in [0.1, 0.15) is 10.4 Å². The van der Waals surface area contributed by atoms with Gasteiger partial charge >= 0.3 is 0 Å². The number of anilines is 2. The zero-order chi connectivity index (χ0) is 15.6. The number of hydrogen-bond acceptors (Lipinski definition) is 3. The summed E-state index contributed by atoms with van der Waals surface area (Å²) in [5.74, 6) is 0.218. The van der Waals surface area contributed by atoms with Gasteiger partial charge in [-0.15, -0.1) is 0 Å². The number of ether oxygens (including phenoxy) is 1. The van der Waals surface area contributed by atoms with Crippen molar-refractivity contribution >= 4 is 65.1 Å². The summed E-state index contributed by atoms with van der Waals surface area (Å²) >= 11 is 10.1. The molecule has 0 aromatic heterocycles. The van der Waals surface area contributed by atoms with Gasteiger partial charge < -0.3 is 15.8 Å². The van der Waals surface area contributed by atoms with E-state index >= 15 is 0 Å². The number of nitrogen functional groups attached to an aromatic ring is 1. The lowest BCUT2D eigenvalue weighted by molar-refractivity contribution is 0.102. The average Bonchev–Trinajstić information content (AvgIpc) is 2.42. The van der Waals surface area contributed by atoms with Crippen LogP contribution in [0, 0.1) is 0 Å². The zero-order valence-electron chi connectivity index (χ0n) is 10.9. The molecular weight excluding hydrogens is 468 g/mol. The van der Waals surface area contributed by atoms with Gasteiger partial charge in [0.2, 0.25) is 0 Å². The average molecular weight is 479 g/mol. The molecule has 0 heterocycles. The van der Waals surface area contributed by atoms with Gasteiger partial charge in [0.25, 0.3) is 5.91 Å². The first-order chi connectivity index (χ1) is 9.92. The highest BCUT2D eigenvalue weighted by Crippen LogP contribution is 2.34. The van der Waals surface area contributed by atoms with Gasteiger partial charge in [0.05, 0.1) is 18.4 Å². The third-order valence-corrected chi connectivity index (χ3v) is 4.46. The minimum Gasteiger partial charge on any atom is -0.496 e. The van der Waals surface area contributed by atoms with Gasteiger partial charge in [0.1, 0.15) is 5.75 Å². The summed E-state index contributed by atoms with van der Waals surface area (Å²) in [5.41, 5.74) is 7.38. The number of benzene rings is 2. The summed E-state index contributed by atoms with van der Waals surface area (Å²) in [6.07, 6.45) is 0. The molecule has 2 rings (SSSR count). The molecule has 0 radical (unpaired) electrons. The van der Waals surface area contributed by atoms with Gasteiger partial charge in [0.15, 0.2) is 0 Å². The maximum absolute atomic E-state index is 12.4. The topological polar surface area (TPSA) is 64.3 Å². The minimum atomic E-state index is -0.273. The number of methoxy groups -OCH3 is 1. The van der Waals surface area contributed by atoms with Crippen molar-refractivity contribution < 1.29 is 9.53 Å². The van der Waals surface area contributed by atoms with Crippen LogP contribution < -0.4 is 15.8 Å². The molecule has 0 atom stereocenters. The first-order valence-corrected chi connectivity index (χ1v) is 8.19. The lowest BCUT2D eigenvalue weighted by Gasteiger charge is -2.13. The quantitative estimate of drug-likeness (QED) is 0.622. The molecule has 4 nitrogen and oxygen atoms in total. The predicted molar refractivity (Wildman–Crippen MR) is 94.9 cm³/mol. The number of nitrogens with two attached hydrogens (primary N) is 1. The summed E-state index contributed by atoms with van der Waals surface area (Å²) < 4.78 is 7.46. The molecule has 0 aliphatic carbocycles. The fraction of sp³-hybridized carbons (Fsp3) is 0.0714. The van der Waals surface area contributed by atoms with Crippen LogP contribution in [0.5, 0.6) is 5.75 Å². The van der Waals surface area contributed by atoms with Gasteiger partial charge in [-0.1, -0.05) is 15.9 Å². The van der Waals surface area contributed by atoms with Crippen molar-refractivity contribution in [3.63, 3.8) is 0 Å². The number of hydrogen-bond donors (Lipinski definition) is 2. The summed E-state index contributed by atoms with van der Waals surface area (Å²) in [4.78, 5) is 12.4. The molecule has 0 bridgehead atoms. The van der Waals surface area contributed by atoms with Crippen molar-refractivity contribution in [2.45, 2.75) is 0 Å².